The second kappa shape index (κ2) is 9.23. The number of nitrogens with two attached hydrogens (primary N) is 1. The molecule has 1 atom stereocenters. The average Bonchev–Trinajstić information content (AvgIpc) is 2.54. The fourth-order valence-electron chi connectivity index (χ4n) is 2.23. The van der Waals surface area contributed by atoms with Crippen LogP contribution < -0.4 is 5.73 Å². The molecule has 0 radical (unpaired) electrons. The van der Waals surface area contributed by atoms with Crippen molar-refractivity contribution >= 4 is 18.3 Å². The molecule has 0 aliphatic carbocycles. The summed E-state index contributed by atoms with van der Waals surface area (Å²) in [4.78, 5) is 14.3. The van der Waals surface area contributed by atoms with Crippen molar-refractivity contribution < 1.29 is 4.79 Å². The number of carbonyl (C=O) groups excluding carboxylic acids is 1. The lowest BCUT2D eigenvalue weighted by atomic mass is 10.1. The molecule has 0 saturated heterocycles. The number of nitrogens with zero attached hydrogens (tertiary/aromatic N) is 1. The van der Waals surface area contributed by atoms with Crippen molar-refractivity contribution in [3.63, 3.8) is 0 Å². The van der Waals surface area contributed by atoms with Gasteiger partial charge in [-0.15, -0.1) is 12.4 Å². The third kappa shape index (κ3) is 5.17. The van der Waals surface area contributed by atoms with E-state index in [0.717, 1.165) is 11.1 Å². The molecular weight excluding hydrogens is 296 g/mol. The van der Waals surface area contributed by atoms with Gasteiger partial charge in [-0.2, -0.15) is 0 Å². The van der Waals surface area contributed by atoms with Crippen LogP contribution in [0.2, 0.25) is 0 Å². The quantitative estimate of drug-likeness (QED) is 0.887. The maximum atomic E-state index is 12.5. The second-order valence-electron chi connectivity index (χ2n) is 5.18. The first-order valence-electron chi connectivity index (χ1n) is 7.33. The van der Waals surface area contributed by atoms with Crippen molar-refractivity contribution in [2.24, 2.45) is 5.73 Å². The summed E-state index contributed by atoms with van der Waals surface area (Å²) in [7, 11) is 0. The minimum atomic E-state index is -0.433. The molecule has 0 unspecified atom stereocenters. The molecule has 0 aliphatic rings. The van der Waals surface area contributed by atoms with Gasteiger partial charge in [-0.3, -0.25) is 4.79 Å². The summed E-state index contributed by atoms with van der Waals surface area (Å²) in [6.07, 6.45) is 0.652. The van der Waals surface area contributed by atoms with E-state index < -0.39 is 6.04 Å². The van der Waals surface area contributed by atoms with E-state index in [1.807, 2.05) is 72.5 Å². The van der Waals surface area contributed by atoms with Crippen LogP contribution in [0, 0.1) is 0 Å². The highest BCUT2D eigenvalue weighted by atomic mass is 35.5. The number of carbonyl (C=O) groups is 1. The van der Waals surface area contributed by atoms with Gasteiger partial charge in [0.05, 0.1) is 6.04 Å². The number of halogens is 1. The van der Waals surface area contributed by atoms with Gasteiger partial charge in [0, 0.05) is 13.1 Å². The number of amides is 1. The predicted octanol–water partition coefficient (Wildman–Crippen LogP) is 3.37. The van der Waals surface area contributed by atoms with Crippen LogP contribution in [-0.4, -0.2) is 16.8 Å². The van der Waals surface area contributed by atoms with E-state index in [1.54, 1.807) is 0 Å². The van der Waals surface area contributed by atoms with Crippen LogP contribution in [0.4, 0.5) is 0 Å². The van der Waals surface area contributed by atoms with Crippen molar-refractivity contribution in [3.8, 4) is 0 Å². The first-order chi connectivity index (χ1) is 10.2. The van der Waals surface area contributed by atoms with Gasteiger partial charge in [0.15, 0.2) is 0 Å². The summed E-state index contributed by atoms with van der Waals surface area (Å²) in [6.45, 7) is 3.11. The minimum absolute atomic E-state index is 0. The first-order valence-corrected chi connectivity index (χ1v) is 7.33. The van der Waals surface area contributed by atoms with E-state index in [0.29, 0.717) is 19.5 Å². The Bertz CT molecular complexity index is 518. The van der Waals surface area contributed by atoms with E-state index in [-0.39, 0.29) is 18.3 Å². The number of hydrogen-bond donors (Lipinski definition) is 1. The molecule has 118 valence electrons. The van der Waals surface area contributed by atoms with Crippen molar-refractivity contribution in [1.29, 1.82) is 0 Å². The van der Waals surface area contributed by atoms with E-state index in [1.165, 1.54) is 0 Å². The minimum Gasteiger partial charge on any atom is -0.333 e. The molecule has 0 saturated carbocycles. The summed E-state index contributed by atoms with van der Waals surface area (Å²) in [6, 6.07) is 19.6. The zero-order chi connectivity index (χ0) is 15.1. The molecule has 0 aromatic heterocycles. The highest BCUT2D eigenvalue weighted by Crippen LogP contribution is 2.12. The molecule has 22 heavy (non-hydrogen) atoms. The molecule has 1 amide bonds. The summed E-state index contributed by atoms with van der Waals surface area (Å²) < 4.78 is 0. The summed E-state index contributed by atoms with van der Waals surface area (Å²) in [5.74, 6) is 0.00482. The normalized spacial score (nSPS) is 11.4. The smallest absolute Gasteiger partial charge is 0.240 e. The molecular formula is C18H23ClN2O. The van der Waals surface area contributed by atoms with Crippen LogP contribution in [0.3, 0.4) is 0 Å². The standard InChI is InChI=1S/C18H22N2O.ClH/c1-2-17(19)18(21)20(13-15-9-5-3-6-10-15)14-16-11-7-4-8-12-16;/h3-12,17H,2,13-14,19H2,1H3;1H/t17-;/m0./s1. The number of benzene rings is 2. The molecule has 2 aromatic rings. The van der Waals surface area contributed by atoms with Crippen molar-refractivity contribution in [2.75, 3.05) is 0 Å². The van der Waals surface area contributed by atoms with Gasteiger partial charge in [-0.1, -0.05) is 67.6 Å². The summed E-state index contributed by atoms with van der Waals surface area (Å²) in [5.41, 5.74) is 8.17. The summed E-state index contributed by atoms with van der Waals surface area (Å²) >= 11 is 0. The molecule has 4 heteroatoms. The fourth-order valence-corrected chi connectivity index (χ4v) is 2.23. The van der Waals surface area contributed by atoms with Crippen LogP contribution in [0.5, 0.6) is 0 Å². The molecule has 3 nitrogen and oxygen atoms in total. The second-order valence-corrected chi connectivity index (χ2v) is 5.18. The first kappa shape index (κ1) is 18.2. The molecule has 0 aliphatic heterocycles. The van der Waals surface area contributed by atoms with E-state index in [4.69, 9.17) is 5.73 Å². The fraction of sp³-hybridized carbons (Fsp3) is 0.278. The Morgan fingerprint density at radius 2 is 1.36 bits per heavy atom. The van der Waals surface area contributed by atoms with Crippen LogP contribution in [0.15, 0.2) is 60.7 Å². The van der Waals surface area contributed by atoms with Gasteiger partial charge in [0.25, 0.3) is 0 Å². The van der Waals surface area contributed by atoms with Crippen LogP contribution in [0.25, 0.3) is 0 Å². The van der Waals surface area contributed by atoms with Crippen molar-refractivity contribution in [3.05, 3.63) is 71.8 Å². The molecule has 2 aromatic carbocycles. The van der Waals surface area contributed by atoms with Gasteiger partial charge in [0.2, 0.25) is 5.91 Å². The molecule has 0 bridgehead atoms. The van der Waals surface area contributed by atoms with E-state index >= 15 is 0 Å². The topological polar surface area (TPSA) is 46.3 Å². The van der Waals surface area contributed by atoms with Crippen molar-refractivity contribution in [2.45, 2.75) is 32.5 Å². The third-order valence-electron chi connectivity index (χ3n) is 3.50. The highest BCUT2D eigenvalue weighted by Gasteiger charge is 2.20. The molecule has 2 rings (SSSR count). The SMILES string of the molecule is CC[C@H](N)C(=O)N(Cc1ccccc1)Cc1ccccc1.Cl. The Morgan fingerprint density at radius 3 is 1.73 bits per heavy atom. The monoisotopic (exact) mass is 318 g/mol. The Hall–Kier alpha value is -1.84. The van der Waals surface area contributed by atoms with Gasteiger partial charge in [-0.25, -0.2) is 0 Å². The van der Waals surface area contributed by atoms with Gasteiger partial charge in [-0.05, 0) is 17.5 Å². The van der Waals surface area contributed by atoms with Gasteiger partial charge < -0.3 is 10.6 Å². The largest absolute Gasteiger partial charge is 0.333 e. The lowest BCUT2D eigenvalue weighted by Gasteiger charge is -2.25. The van der Waals surface area contributed by atoms with Crippen LogP contribution >= 0.6 is 12.4 Å². The lowest BCUT2D eigenvalue weighted by molar-refractivity contribution is -0.133. The zero-order valence-electron chi connectivity index (χ0n) is 12.8. The third-order valence-corrected chi connectivity index (χ3v) is 3.50. The molecule has 0 heterocycles. The molecule has 0 fully saturated rings. The molecule has 2 N–H and O–H groups in total. The zero-order valence-corrected chi connectivity index (χ0v) is 13.6. The molecule has 0 spiro atoms. The lowest BCUT2D eigenvalue weighted by Crippen LogP contribution is -2.42. The van der Waals surface area contributed by atoms with E-state index in [2.05, 4.69) is 0 Å². The van der Waals surface area contributed by atoms with Crippen LogP contribution in [0.1, 0.15) is 24.5 Å². The highest BCUT2D eigenvalue weighted by molar-refractivity contribution is 5.85. The maximum absolute atomic E-state index is 12.5. The van der Waals surface area contributed by atoms with Crippen LogP contribution in [-0.2, 0) is 17.9 Å². The van der Waals surface area contributed by atoms with E-state index in [9.17, 15) is 4.79 Å². The number of hydrogen-bond acceptors (Lipinski definition) is 2. The maximum Gasteiger partial charge on any atom is 0.240 e. The van der Waals surface area contributed by atoms with Gasteiger partial charge in [0.1, 0.15) is 0 Å². The average molecular weight is 319 g/mol. The Kier molecular flexibility index (Phi) is 7.64. The van der Waals surface area contributed by atoms with Gasteiger partial charge >= 0.3 is 0 Å². The summed E-state index contributed by atoms with van der Waals surface area (Å²) in [5, 5.41) is 0. The van der Waals surface area contributed by atoms with Crippen molar-refractivity contribution in [1.82, 2.24) is 4.90 Å². The predicted molar refractivity (Wildman–Crippen MR) is 92.7 cm³/mol. The Balaban J connectivity index is 0.00000242. The Labute approximate surface area is 138 Å². The Morgan fingerprint density at radius 1 is 0.955 bits per heavy atom. The number of rotatable bonds is 6.